The van der Waals surface area contributed by atoms with Gasteiger partial charge in [0.25, 0.3) is 0 Å². The first kappa shape index (κ1) is 11.2. The Bertz CT molecular complexity index is 139. The number of unbranched alkanes of at least 4 members (excludes halogenated alkanes) is 1. The van der Waals surface area contributed by atoms with E-state index in [9.17, 15) is 4.79 Å². The molecule has 0 aliphatic heterocycles. The van der Waals surface area contributed by atoms with Crippen molar-refractivity contribution < 1.29 is 9.53 Å². The molecule has 0 atom stereocenters. The van der Waals surface area contributed by atoms with E-state index in [1.54, 1.807) is 13.4 Å². The maximum atomic E-state index is 11.1. The molecule has 0 spiro atoms. The minimum absolute atomic E-state index is 0.359. The van der Waals surface area contributed by atoms with E-state index in [0.717, 1.165) is 25.7 Å². The van der Waals surface area contributed by atoms with Crippen LogP contribution in [0.15, 0.2) is 12.3 Å². The average Bonchev–Trinajstić information content (AvgIpc) is 2.09. The molecule has 0 rings (SSSR count). The quantitative estimate of drug-likeness (QED) is 0.549. The van der Waals surface area contributed by atoms with E-state index in [1.807, 2.05) is 6.08 Å². The van der Waals surface area contributed by atoms with E-state index in [0.29, 0.717) is 12.2 Å². The van der Waals surface area contributed by atoms with E-state index in [1.165, 1.54) is 0 Å². The van der Waals surface area contributed by atoms with Gasteiger partial charge in [0.2, 0.25) is 0 Å². The second-order valence-electron chi connectivity index (χ2n) is 2.79. The fourth-order valence-corrected chi connectivity index (χ4v) is 0.908. The summed E-state index contributed by atoms with van der Waals surface area (Å²) < 4.78 is 4.71. The van der Waals surface area contributed by atoms with Crippen molar-refractivity contribution in [3.63, 3.8) is 0 Å². The molecule has 70 valence electrons. The van der Waals surface area contributed by atoms with E-state index in [-0.39, 0.29) is 0 Å². The van der Waals surface area contributed by atoms with Crippen molar-refractivity contribution in [2.75, 3.05) is 7.11 Å². The predicted octanol–water partition coefficient (Wildman–Crippen LogP) is 2.69. The van der Waals surface area contributed by atoms with Gasteiger partial charge >= 0.3 is 0 Å². The third-order valence-electron chi connectivity index (χ3n) is 1.63. The number of carbonyl (C=O) groups excluding carboxylic acids is 1. The zero-order valence-corrected chi connectivity index (χ0v) is 8.01. The van der Waals surface area contributed by atoms with E-state index >= 15 is 0 Å². The molecular formula is C10H18O2. The highest BCUT2D eigenvalue weighted by atomic mass is 16.5. The topological polar surface area (TPSA) is 26.3 Å². The lowest BCUT2D eigenvalue weighted by Crippen LogP contribution is -1.95. The molecule has 0 aromatic rings. The van der Waals surface area contributed by atoms with Crippen molar-refractivity contribution in [3.8, 4) is 0 Å². The van der Waals surface area contributed by atoms with Gasteiger partial charge in [-0.2, -0.15) is 0 Å². The number of methoxy groups -OCH3 is 1. The first-order valence-corrected chi connectivity index (χ1v) is 4.50. The van der Waals surface area contributed by atoms with Crippen LogP contribution in [0.1, 0.15) is 39.0 Å². The highest BCUT2D eigenvalue weighted by Crippen LogP contribution is 2.01. The lowest BCUT2D eigenvalue weighted by Gasteiger charge is -1.95. The number of carbonyl (C=O) groups is 1. The molecule has 0 fully saturated rings. The highest BCUT2D eigenvalue weighted by molar-refractivity contribution is 5.78. The van der Waals surface area contributed by atoms with Gasteiger partial charge < -0.3 is 4.74 Å². The molecule has 2 heteroatoms. The zero-order valence-electron chi connectivity index (χ0n) is 8.01. The van der Waals surface area contributed by atoms with Gasteiger partial charge in [0.1, 0.15) is 5.78 Å². The van der Waals surface area contributed by atoms with Crippen LogP contribution in [-0.2, 0) is 9.53 Å². The molecular weight excluding hydrogens is 152 g/mol. The third kappa shape index (κ3) is 7.32. The summed E-state index contributed by atoms with van der Waals surface area (Å²) in [4.78, 5) is 11.1. The number of ketones is 1. The number of rotatable bonds is 7. The maximum absolute atomic E-state index is 11.1. The Morgan fingerprint density at radius 1 is 1.42 bits per heavy atom. The lowest BCUT2D eigenvalue weighted by molar-refractivity contribution is -0.119. The van der Waals surface area contributed by atoms with Gasteiger partial charge in [0.05, 0.1) is 13.4 Å². The van der Waals surface area contributed by atoms with Crippen LogP contribution in [0.3, 0.4) is 0 Å². The molecule has 0 bridgehead atoms. The smallest absolute Gasteiger partial charge is 0.133 e. The Balaban J connectivity index is 3.25. The standard InChI is InChI=1S/C10H18O2/c1-3-4-7-10(11)8-5-6-9-12-2/h6,9H,3-5,7-8H2,1-2H3/b9-6-. The largest absolute Gasteiger partial charge is 0.505 e. The SMILES string of the molecule is CCCCC(=O)CC/C=C\OC. The Hall–Kier alpha value is -0.790. The van der Waals surface area contributed by atoms with Crippen LogP contribution in [0.25, 0.3) is 0 Å². The molecule has 2 nitrogen and oxygen atoms in total. The van der Waals surface area contributed by atoms with Crippen LogP contribution >= 0.6 is 0 Å². The van der Waals surface area contributed by atoms with Gasteiger partial charge in [-0.05, 0) is 18.9 Å². The third-order valence-corrected chi connectivity index (χ3v) is 1.63. The van der Waals surface area contributed by atoms with Crippen LogP contribution in [0.2, 0.25) is 0 Å². The van der Waals surface area contributed by atoms with Gasteiger partial charge in [0, 0.05) is 12.8 Å². The summed E-state index contributed by atoms with van der Waals surface area (Å²) in [5.41, 5.74) is 0. The van der Waals surface area contributed by atoms with Crippen LogP contribution in [-0.4, -0.2) is 12.9 Å². The molecule has 0 N–H and O–H groups in total. The first-order valence-electron chi connectivity index (χ1n) is 4.50. The number of Topliss-reactive ketones (excluding diaryl/α,β-unsaturated/α-hetero) is 1. The number of hydrogen-bond donors (Lipinski definition) is 0. The Labute approximate surface area is 74.6 Å². The fourth-order valence-electron chi connectivity index (χ4n) is 0.908. The normalized spacial score (nSPS) is 10.5. The molecule has 12 heavy (non-hydrogen) atoms. The summed E-state index contributed by atoms with van der Waals surface area (Å²) >= 11 is 0. The van der Waals surface area contributed by atoms with Crippen LogP contribution in [0, 0.1) is 0 Å². The van der Waals surface area contributed by atoms with Crippen molar-refractivity contribution in [1.29, 1.82) is 0 Å². The summed E-state index contributed by atoms with van der Waals surface area (Å²) in [5.74, 6) is 0.359. The monoisotopic (exact) mass is 170 g/mol. The molecule has 0 heterocycles. The molecule has 0 unspecified atom stereocenters. The molecule has 0 aliphatic carbocycles. The molecule has 0 amide bonds. The first-order chi connectivity index (χ1) is 5.81. The summed E-state index contributed by atoms with van der Waals surface area (Å²) in [6.07, 6.45) is 7.80. The summed E-state index contributed by atoms with van der Waals surface area (Å²) in [6.45, 7) is 2.10. The van der Waals surface area contributed by atoms with Crippen molar-refractivity contribution in [1.82, 2.24) is 0 Å². The molecule has 0 aromatic heterocycles. The molecule has 0 aliphatic rings. The van der Waals surface area contributed by atoms with Crippen molar-refractivity contribution in [3.05, 3.63) is 12.3 Å². The fraction of sp³-hybridized carbons (Fsp3) is 0.700. The van der Waals surface area contributed by atoms with Gasteiger partial charge in [-0.25, -0.2) is 0 Å². The van der Waals surface area contributed by atoms with Crippen LogP contribution in [0.4, 0.5) is 0 Å². The van der Waals surface area contributed by atoms with E-state index in [2.05, 4.69) is 6.92 Å². The predicted molar refractivity (Wildman–Crippen MR) is 49.9 cm³/mol. The Morgan fingerprint density at radius 3 is 2.75 bits per heavy atom. The minimum Gasteiger partial charge on any atom is -0.505 e. The molecule has 0 saturated carbocycles. The highest BCUT2D eigenvalue weighted by Gasteiger charge is 1.98. The van der Waals surface area contributed by atoms with Gasteiger partial charge in [0.15, 0.2) is 0 Å². The minimum atomic E-state index is 0.359. The maximum Gasteiger partial charge on any atom is 0.133 e. The molecule has 0 aromatic carbocycles. The van der Waals surface area contributed by atoms with Gasteiger partial charge in [-0.1, -0.05) is 13.3 Å². The van der Waals surface area contributed by atoms with E-state index < -0.39 is 0 Å². The van der Waals surface area contributed by atoms with Gasteiger partial charge in [-0.3, -0.25) is 4.79 Å². The van der Waals surface area contributed by atoms with Crippen LogP contribution in [0.5, 0.6) is 0 Å². The van der Waals surface area contributed by atoms with Crippen molar-refractivity contribution in [2.45, 2.75) is 39.0 Å². The summed E-state index contributed by atoms with van der Waals surface area (Å²) in [7, 11) is 1.61. The second-order valence-corrected chi connectivity index (χ2v) is 2.79. The Morgan fingerprint density at radius 2 is 2.17 bits per heavy atom. The average molecular weight is 170 g/mol. The number of ether oxygens (including phenoxy) is 1. The summed E-state index contributed by atoms with van der Waals surface area (Å²) in [5, 5.41) is 0. The van der Waals surface area contributed by atoms with Gasteiger partial charge in [-0.15, -0.1) is 0 Å². The molecule has 0 saturated heterocycles. The second kappa shape index (κ2) is 8.31. The summed E-state index contributed by atoms with van der Waals surface area (Å²) in [6, 6.07) is 0. The van der Waals surface area contributed by atoms with E-state index in [4.69, 9.17) is 4.74 Å². The number of hydrogen-bond acceptors (Lipinski definition) is 2. The van der Waals surface area contributed by atoms with Crippen molar-refractivity contribution in [2.24, 2.45) is 0 Å². The lowest BCUT2D eigenvalue weighted by atomic mass is 10.1. The Kier molecular flexibility index (Phi) is 7.76. The zero-order chi connectivity index (χ0) is 9.23. The number of allylic oxidation sites excluding steroid dienone is 1. The van der Waals surface area contributed by atoms with Crippen molar-refractivity contribution >= 4 is 5.78 Å². The molecule has 0 radical (unpaired) electrons. The van der Waals surface area contributed by atoms with Crippen LogP contribution < -0.4 is 0 Å².